The van der Waals surface area contributed by atoms with Crippen LogP contribution < -0.4 is 9.47 Å². The number of ketones is 2. The third-order valence-electron chi connectivity index (χ3n) is 7.39. The van der Waals surface area contributed by atoms with E-state index in [0.29, 0.717) is 23.3 Å². The lowest BCUT2D eigenvalue weighted by atomic mass is 9.59. The standard InChI is InChI=1S/C25H22BrNO7/c1-27-24(31)12-5-4-11-13(19(12)25(27)32)8-14-20(17(29)9-15(26)23(14)30)21(11)22-16(28)6-10(33-2)7-18(22)34-3/h4,6-7,9,12-13,19,21,28H,5,8H2,1-3H3. The highest BCUT2D eigenvalue weighted by Crippen LogP contribution is 2.57. The number of hydrogen-bond donors (Lipinski definition) is 1. The van der Waals surface area contributed by atoms with Gasteiger partial charge in [-0.3, -0.25) is 24.1 Å². The van der Waals surface area contributed by atoms with Crippen molar-refractivity contribution in [3.63, 3.8) is 0 Å². The minimum atomic E-state index is -0.808. The van der Waals surface area contributed by atoms with Crippen molar-refractivity contribution < 1.29 is 33.8 Å². The van der Waals surface area contributed by atoms with Crippen LogP contribution in [-0.4, -0.2) is 54.7 Å². The van der Waals surface area contributed by atoms with Crippen LogP contribution in [-0.2, 0) is 19.2 Å². The maximum atomic E-state index is 13.3. The van der Waals surface area contributed by atoms with Gasteiger partial charge in [0.1, 0.15) is 17.2 Å². The second-order valence-corrected chi connectivity index (χ2v) is 9.75. The summed E-state index contributed by atoms with van der Waals surface area (Å²) in [6, 6.07) is 3.02. The summed E-state index contributed by atoms with van der Waals surface area (Å²) in [5, 5.41) is 11.0. The van der Waals surface area contributed by atoms with E-state index in [9.17, 15) is 24.3 Å². The number of halogens is 1. The molecule has 1 aromatic rings. The lowest BCUT2D eigenvalue weighted by Crippen LogP contribution is -2.39. The number of phenolic OH excluding ortho intramolecular Hbond substituents is 1. The van der Waals surface area contributed by atoms with Crippen molar-refractivity contribution >= 4 is 39.3 Å². The summed E-state index contributed by atoms with van der Waals surface area (Å²) in [5.74, 6) is -3.13. The molecule has 4 aliphatic rings. The van der Waals surface area contributed by atoms with Crippen LogP contribution >= 0.6 is 15.9 Å². The maximum absolute atomic E-state index is 13.3. The van der Waals surface area contributed by atoms with Gasteiger partial charge in [-0.05, 0) is 34.7 Å². The Balaban J connectivity index is 1.77. The number of aromatic hydroxyl groups is 1. The van der Waals surface area contributed by atoms with Crippen molar-refractivity contribution in [1.82, 2.24) is 4.90 Å². The number of ether oxygens (including phenoxy) is 2. The van der Waals surface area contributed by atoms with Crippen LogP contribution in [0.15, 0.2) is 45.5 Å². The first-order valence-corrected chi connectivity index (χ1v) is 11.6. The minimum absolute atomic E-state index is 0.145. The predicted molar refractivity (Wildman–Crippen MR) is 124 cm³/mol. The number of phenols is 1. The lowest BCUT2D eigenvalue weighted by molar-refractivity contribution is -0.138. The van der Waals surface area contributed by atoms with E-state index in [1.807, 2.05) is 6.08 Å². The molecule has 4 unspecified atom stereocenters. The zero-order valence-electron chi connectivity index (χ0n) is 18.8. The molecule has 1 aromatic carbocycles. The second-order valence-electron chi connectivity index (χ2n) is 8.89. The highest BCUT2D eigenvalue weighted by Gasteiger charge is 2.56. The summed E-state index contributed by atoms with van der Waals surface area (Å²) in [4.78, 5) is 53.4. The molecule has 3 aliphatic carbocycles. The lowest BCUT2D eigenvalue weighted by Gasteiger charge is -2.42. The fourth-order valence-electron chi connectivity index (χ4n) is 5.86. The van der Waals surface area contributed by atoms with Crippen LogP contribution in [0.1, 0.15) is 24.3 Å². The topological polar surface area (TPSA) is 110 Å². The molecule has 9 heteroatoms. The van der Waals surface area contributed by atoms with Gasteiger partial charge >= 0.3 is 0 Å². The number of imide groups is 1. The molecule has 1 N–H and O–H groups in total. The van der Waals surface area contributed by atoms with Gasteiger partial charge in [0.2, 0.25) is 11.8 Å². The van der Waals surface area contributed by atoms with Gasteiger partial charge in [0.05, 0.1) is 30.5 Å². The molecule has 2 amide bonds. The summed E-state index contributed by atoms with van der Waals surface area (Å²) >= 11 is 3.19. The Hall–Kier alpha value is -3.20. The number of likely N-dealkylation sites (tertiary alicyclic amines) is 1. The molecule has 4 atom stereocenters. The quantitative estimate of drug-likeness (QED) is 0.365. The number of benzene rings is 1. The van der Waals surface area contributed by atoms with Crippen LogP contribution in [0.25, 0.3) is 0 Å². The van der Waals surface area contributed by atoms with E-state index < -0.39 is 23.7 Å². The molecule has 0 saturated carbocycles. The molecule has 1 heterocycles. The van der Waals surface area contributed by atoms with Crippen molar-refractivity contribution in [3.8, 4) is 17.2 Å². The fourth-order valence-corrected chi connectivity index (χ4v) is 6.31. The third-order valence-corrected chi connectivity index (χ3v) is 7.98. The van der Waals surface area contributed by atoms with Gasteiger partial charge in [-0.2, -0.15) is 0 Å². The molecule has 176 valence electrons. The van der Waals surface area contributed by atoms with Gasteiger partial charge in [-0.15, -0.1) is 0 Å². The predicted octanol–water partition coefficient (Wildman–Crippen LogP) is 2.80. The van der Waals surface area contributed by atoms with Gasteiger partial charge in [0.25, 0.3) is 0 Å². The first kappa shape index (κ1) is 22.6. The molecule has 1 aliphatic heterocycles. The van der Waals surface area contributed by atoms with Crippen LogP contribution in [0.4, 0.5) is 0 Å². The monoisotopic (exact) mass is 527 g/mol. The largest absolute Gasteiger partial charge is 0.507 e. The summed E-state index contributed by atoms with van der Waals surface area (Å²) in [6.07, 6.45) is 3.63. The van der Waals surface area contributed by atoms with E-state index in [2.05, 4.69) is 15.9 Å². The van der Waals surface area contributed by atoms with Crippen molar-refractivity contribution in [2.24, 2.45) is 17.8 Å². The summed E-state index contributed by atoms with van der Waals surface area (Å²) in [5.41, 5.74) is 1.61. The van der Waals surface area contributed by atoms with E-state index in [1.165, 1.54) is 33.4 Å². The Morgan fingerprint density at radius 1 is 1.06 bits per heavy atom. The van der Waals surface area contributed by atoms with Gasteiger partial charge in [0, 0.05) is 47.9 Å². The molecule has 0 aromatic heterocycles. The molecular weight excluding hydrogens is 506 g/mol. The minimum Gasteiger partial charge on any atom is -0.507 e. The Bertz CT molecular complexity index is 1270. The number of methoxy groups -OCH3 is 2. The Morgan fingerprint density at radius 2 is 1.79 bits per heavy atom. The van der Waals surface area contributed by atoms with Crippen molar-refractivity contribution in [1.29, 1.82) is 0 Å². The van der Waals surface area contributed by atoms with Gasteiger partial charge in [-0.1, -0.05) is 11.6 Å². The first-order chi connectivity index (χ1) is 16.2. The smallest absolute Gasteiger partial charge is 0.233 e. The van der Waals surface area contributed by atoms with Crippen LogP contribution in [0, 0.1) is 17.8 Å². The van der Waals surface area contributed by atoms with E-state index in [4.69, 9.17) is 9.47 Å². The number of carbonyl (C=O) groups is 4. The van der Waals surface area contributed by atoms with Crippen molar-refractivity contribution in [3.05, 3.63) is 51.0 Å². The van der Waals surface area contributed by atoms with E-state index in [1.54, 1.807) is 6.07 Å². The average Bonchev–Trinajstić information content (AvgIpc) is 3.05. The number of rotatable bonds is 3. The normalized spacial score (nSPS) is 28.3. The van der Waals surface area contributed by atoms with Gasteiger partial charge < -0.3 is 14.6 Å². The van der Waals surface area contributed by atoms with Crippen molar-refractivity contribution in [2.45, 2.75) is 18.8 Å². The van der Waals surface area contributed by atoms with E-state index in [0.717, 1.165) is 10.5 Å². The van der Waals surface area contributed by atoms with Gasteiger partial charge in [-0.25, -0.2) is 0 Å². The molecule has 0 bridgehead atoms. The number of nitrogens with zero attached hydrogens (tertiary/aromatic N) is 1. The van der Waals surface area contributed by atoms with E-state index in [-0.39, 0.29) is 51.4 Å². The highest BCUT2D eigenvalue weighted by molar-refractivity contribution is 9.12. The van der Waals surface area contributed by atoms with Crippen LogP contribution in [0.2, 0.25) is 0 Å². The summed E-state index contributed by atoms with van der Waals surface area (Å²) in [6.45, 7) is 0. The Morgan fingerprint density at radius 3 is 2.47 bits per heavy atom. The zero-order valence-corrected chi connectivity index (χ0v) is 20.3. The number of allylic oxidation sites excluding steroid dienone is 6. The number of amides is 2. The van der Waals surface area contributed by atoms with Gasteiger partial charge in [0.15, 0.2) is 11.6 Å². The molecular formula is C25H22BrNO7. The Labute approximate surface area is 204 Å². The average molecular weight is 528 g/mol. The number of fused-ring (bicyclic) bond motifs is 3. The van der Waals surface area contributed by atoms with Crippen LogP contribution in [0.5, 0.6) is 17.2 Å². The fraction of sp³-hybridized carbons (Fsp3) is 0.360. The van der Waals surface area contributed by atoms with Crippen LogP contribution in [0.3, 0.4) is 0 Å². The number of carbonyl (C=O) groups excluding carboxylic acids is 4. The molecule has 5 rings (SSSR count). The summed E-state index contributed by atoms with van der Waals surface area (Å²) in [7, 11) is 4.37. The van der Waals surface area contributed by atoms with E-state index >= 15 is 0 Å². The molecule has 8 nitrogen and oxygen atoms in total. The SMILES string of the molecule is COc1cc(O)c(C2C3=CCC4C(=O)N(C)C(=O)C4C3CC3=C2C(=O)C=C(Br)C3=O)c(OC)c1. The molecule has 1 saturated heterocycles. The first-order valence-electron chi connectivity index (χ1n) is 10.8. The number of Topliss-reactive ketones (excluding diaryl/α,β-unsaturated/α-hetero) is 1. The number of hydrogen-bond acceptors (Lipinski definition) is 7. The molecule has 0 radical (unpaired) electrons. The summed E-state index contributed by atoms with van der Waals surface area (Å²) < 4.78 is 11.0. The zero-order chi connectivity index (χ0) is 24.5. The highest BCUT2D eigenvalue weighted by atomic mass is 79.9. The molecule has 34 heavy (non-hydrogen) atoms. The maximum Gasteiger partial charge on any atom is 0.233 e. The second kappa shape index (κ2) is 7.94. The Kier molecular flexibility index (Phi) is 5.27. The molecule has 0 spiro atoms. The van der Waals surface area contributed by atoms with Crippen molar-refractivity contribution in [2.75, 3.05) is 21.3 Å². The third kappa shape index (κ3) is 3.02. The molecule has 1 fully saturated rings.